The molecule has 0 spiro atoms. The average molecular weight is 974 g/mol. The molecule has 19 atom stereocenters. The lowest BCUT2D eigenvalue weighted by molar-refractivity contribution is -0.318. The molecule has 3 saturated heterocycles. The van der Waals surface area contributed by atoms with Crippen molar-refractivity contribution in [3.63, 3.8) is 0 Å². The third-order valence-electron chi connectivity index (χ3n) is 15.0. The Bertz CT molecular complexity index is 1900. The predicted molar refractivity (Wildman–Crippen MR) is 257 cm³/mol. The van der Waals surface area contributed by atoms with E-state index in [1.807, 2.05) is 93.5 Å². The molecule has 3 fully saturated rings. The highest BCUT2D eigenvalue weighted by atomic mass is 16.7. The summed E-state index contributed by atoms with van der Waals surface area (Å²) >= 11 is 0. The maximum absolute atomic E-state index is 14.9. The van der Waals surface area contributed by atoms with E-state index in [0.29, 0.717) is 13.0 Å². The van der Waals surface area contributed by atoms with E-state index in [0.717, 1.165) is 11.1 Å². The van der Waals surface area contributed by atoms with Crippen LogP contribution in [0.1, 0.15) is 99.1 Å². The van der Waals surface area contributed by atoms with Crippen LogP contribution < -0.4 is 10.6 Å². The molecule has 2 unspecified atom stereocenters. The number of amides is 1. The number of hydrogen-bond acceptors (Lipinski definition) is 16. The van der Waals surface area contributed by atoms with Crippen LogP contribution in [0.15, 0.2) is 60.7 Å². The summed E-state index contributed by atoms with van der Waals surface area (Å²) in [6.45, 7) is 15.6. The first-order valence-corrected chi connectivity index (χ1v) is 24.7. The fourth-order valence-corrected chi connectivity index (χ4v) is 10.8. The Balaban J connectivity index is 1.63. The second-order valence-corrected chi connectivity index (χ2v) is 20.8. The van der Waals surface area contributed by atoms with Gasteiger partial charge in [0, 0.05) is 50.5 Å². The van der Waals surface area contributed by atoms with Gasteiger partial charge in [-0.05, 0) is 85.0 Å². The SMILES string of the molecule is CCC1OC(=O)[C@H](C)C(O[C@H]2C[C@@](C)(OC)[C@@H](O)[C@H](C)O2)[C@H](C)[C@@H](O[C@@H]2O[C@H](C)C[C@H](N(C)C)[C@H]2O)[C@](C)(O)C[C@@H](C)[C@@H](NC(=O)OCc2ccccc2)[C@H](C)[C@@H](O)[C@@]1(O)CNCc1ccccc1. The monoisotopic (exact) mass is 974 g/mol. The number of aliphatic hydroxyl groups is 5. The molecule has 5 rings (SSSR count). The molecule has 390 valence electrons. The van der Waals surface area contributed by atoms with Crippen molar-refractivity contribution >= 4 is 12.1 Å². The lowest BCUT2D eigenvalue weighted by Gasteiger charge is -2.50. The third kappa shape index (κ3) is 13.8. The molecule has 17 heteroatoms. The number of aliphatic hydroxyl groups excluding tert-OH is 3. The largest absolute Gasteiger partial charge is 0.459 e. The Kier molecular flexibility index (Phi) is 20.0. The van der Waals surface area contributed by atoms with Gasteiger partial charge >= 0.3 is 12.1 Å². The number of likely N-dealkylation sites (N-methyl/N-ethyl adjacent to an activating group) is 1. The van der Waals surface area contributed by atoms with Crippen molar-refractivity contribution in [2.24, 2.45) is 23.7 Å². The zero-order chi connectivity index (χ0) is 51.0. The molecule has 0 bridgehead atoms. The molecule has 7 N–H and O–H groups in total. The van der Waals surface area contributed by atoms with Crippen molar-refractivity contribution in [1.29, 1.82) is 0 Å². The fourth-order valence-electron chi connectivity index (χ4n) is 10.8. The van der Waals surface area contributed by atoms with Crippen LogP contribution in [0.4, 0.5) is 4.79 Å². The highest BCUT2D eigenvalue weighted by Crippen LogP contribution is 2.41. The van der Waals surface area contributed by atoms with Crippen LogP contribution in [-0.2, 0) is 51.1 Å². The van der Waals surface area contributed by atoms with Crippen LogP contribution >= 0.6 is 0 Å². The maximum atomic E-state index is 14.9. The summed E-state index contributed by atoms with van der Waals surface area (Å²) in [4.78, 5) is 30.6. The number of carbonyl (C=O) groups is 2. The van der Waals surface area contributed by atoms with Gasteiger partial charge in [0.1, 0.15) is 30.5 Å². The van der Waals surface area contributed by atoms with Gasteiger partial charge in [-0.15, -0.1) is 0 Å². The van der Waals surface area contributed by atoms with Gasteiger partial charge in [0.15, 0.2) is 12.6 Å². The van der Waals surface area contributed by atoms with Gasteiger partial charge in [-0.2, -0.15) is 0 Å². The molecular weight excluding hydrogens is 891 g/mol. The van der Waals surface area contributed by atoms with Crippen molar-refractivity contribution in [2.75, 3.05) is 27.7 Å². The first-order valence-electron chi connectivity index (χ1n) is 24.7. The predicted octanol–water partition coefficient (Wildman–Crippen LogP) is 4.28. The van der Waals surface area contributed by atoms with Crippen LogP contribution in [0.5, 0.6) is 0 Å². The van der Waals surface area contributed by atoms with Gasteiger partial charge in [0.2, 0.25) is 0 Å². The molecule has 0 radical (unpaired) electrons. The van der Waals surface area contributed by atoms with Crippen LogP contribution in [0.3, 0.4) is 0 Å². The molecule has 69 heavy (non-hydrogen) atoms. The van der Waals surface area contributed by atoms with E-state index in [-0.39, 0.29) is 44.6 Å². The van der Waals surface area contributed by atoms with Crippen molar-refractivity contribution in [3.8, 4) is 0 Å². The number of cyclic esters (lactones) is 1. The van der Waals surface area contributed by atoms with Crippen molar-refractivity contribution in [3.05, 3.63) is 71.8 Å². The number of esters is 1. The zero-order valence-electron chi connectivity index (χ0n) is 42.8. The first-order chi connectivity index (χ1) is 32.5. The molecule has 17 nitrogen and oxygen atoms in total. The summed E-state index contributed by atoms with van der Waals surface area (Å²) in [6, 6.07) is 17.3. The lowest BCUT2D eigenvalue weighted by Crippen LogP contribution is -2.65. The molecule has 0 aliphatic carbocycles. The highest BCUT2D eigenvalue weighted by molar-refractivity contribution is 5.73. The minimum atomic E-state index is -2.14. The minimum absolute atomic E-state index is 0.0430. The highest BCUT2D eigenvalue weighted by Gasteiger charge is 2.55. The summed E-state index contributed by atoms with van der Waals surface area (Å²) in [5.41, 5.74) is -3.42. The van der Waals surface area contributed by atoms with Gasteiger partial charge in [0.05, 0.1) is 47.6 Å². The number of ether oxygens (including phenoxy) is 7. The van der Waals surface area contributed by atoms with Crippen LogP contribution in [0.25, 0.3) is 0 Å². The lowest BCUT2D eigenvalue weighted by atomic mass is 9.72. The number of benzene rings is 2. The molecular formula is C52H83N3O14. The Labute approximate surface area is 409 Å². The summed E-state index contributed by atoms with van der Waals surface area (Å²) in [5, 5.41) is 67.9. The third-order valence-corrected chi connectivity index (χ3v) is 15.0. The summed E-state index contributed by atoms with van der Waals surface area (Å²) in [6.07, 6.45) is -11.1. The number of methoxy groups -OCH3 is 1. The Hall–Kier alpha value is -3.30. The van der Waals surface area contributed by atoms with Gasteiger partial charge in [-0.3, -0.25) is 4.79 Å². The minimum Gasteiger partial charge on any atom is -0.459 e. The number of nitrogens with one attached hydrogen (secondary N) is 2. The summed E-state index contributed by atoms with van der Waals surface area (Å²) in [7, 11) is 5.20. The van der Waals surface area contributed by atoms with E-state index in [2.05, 4.69) is 10.6 Å². The van der Waals surface area contributed by atoms with Crippen LogP contribution in [0.2, 0.25) is 0 Å². The van der Waals surface area contributed by atoms with Gasteiger partial charge in [0.25, 0.3) is 0 Å². The summed E-state index contributed by atoms with van der Waals surface area (Å²) in [5.74, 6) is -4.44. The number of hydrogen-bond donors (Lipinski definition) is 7. The Morgan fingerprint density at radius 3 is 2.07 bits per heavy atom. The molecule has 2 aromatic rings. The fraction of sp³-hybridized carbons (Fsp3) is 0.731. The standard InChI is InChI=1S/C52H83N3O14/c1-13-39-52(62,29-53-27-36-20-16-14-17-21-36)44(57)32(4)41(54-49(60)64-28-37-22-18-15-19-23-37)30(2)25-50(8,61)46(69-48-42(56)38(55(10)11)24-31(3)65-48)33(5)43(34(6)47(59)67-39)68-40-26-51(9,63-12)45(58)35(7)66-40/h14-23,30-35,38-46,48,53,56-58,61-62H,13,24-29H2,1-12H3,(H,54,60)/t30-,31-,32+,33+,34-,35+,38+,39?,40+,41-,42-,43?,44-,45+,46-,48+,50-,51-,52-/m1/s1. The van der Waals surface area contributed by atoms with E-state index in [1.54, 1.807) is 48.5 Å². The zero-order valence-corrected chi connectivity index (χ0v) is 42.8. The van der Waals surface area contributed by atoms with E-state index in [9.17, 15) is 35.1 Å². The molecule has 3 heterocycles. The van der Waals surface area contributed by atoms with Gasteiger partial charge < -0.3 is 74.2 Å². The van der Waals surface area contributed by atoms with Crippen molar-refractivity contribution in [1.82, 2.24) is 15.5 Å². The molecule has 3 aliphatic rings. The molecule has 3 aliphatic heterocycles. The second kappa shape index (κ2) is 24.4. The Morgan fingerprint density at radius 2 is 1.48 bits per heavy atom. The quantitative estimate of drug-likeness (QED) is 0.131. The summed E-state index contributed by atoms with van der Waals surface area (Å²) < 4.78 is 44.1. The van der Waals surface area contributed by atoms with E-state index in [4.69, 9.17) is 33.2 Å². The molecule has 1 amide bonds. The normalized spacial score (nSPS) is 40.6. The number of carbonyl (C=O) groups excluding carboxylic acids is 2. The average Bonchev–Trinajstić information content (AvgIpc) is 3.31. The Morgan fingerprint density at radius 1 is 0.855 bits per heavy atom. The smallest absolute Gasteiger partial charge is 0.407 e. The van der Waals surface area contributed by atoms with Gasteiger partial charge in [-0.1, -0.05) is 88.4 Å². The van der Waals surface area contributed by atoms with Gasteiger partial charge in [-0.25, -0.2) is 4.79 Å². The van der Waals surface area contributed by atoms with Crippen molar-refractivity contribution in [2.45, 2.75) is 191 Å². The second-order valence-electron chi connectivity index (χ2n) is 20.8. The van der Waals surface area contributed by atoms with E-state index < -0.39 is 114 Å². The van der Waals surface area contributed by atoms with Crippen LogP contribution in [0, 0.1) is 23.7 Å². The molecule has 2 aromatic carbocycles. The molecule has 0 saturated carbocycles. The van der Waals surface area contributed by atoms with E-state index >= 15 is 0 Å². The van der Waals surface area contributed by atoms with Crippen LogP contribution in [-0.4, -0.2) is 161 Å². The number of alkyl carbamates (subject to hydrolysis) is 1. The number of nitrogens with zero attached hydrogens (tertiary/aromatic N) is 1. The van der Waals surface area contributed by atoms with Crippen molar-refractivity contribution < 1.29 is 68.3 Å². The topological polar surface area (TPSA) is 227 Å². The molecule has 0 aromatic heterocycles. The number of rotatable bonds is 14. The maximum Gasteiger partial charge on any atom is 0.407 e. The van der Waals surface area contributed by atoms with E-state index in [1.165, 1.54) is 7.11 Å². The first kappa shape index (κ1) is 56.6.